The molecule has 1 amide bonds. The van der Waals surface area contributed by atoms with E-state index in [1.807, 2.05) is 0 Å². The Labute approximate surface area is 188 Å². The van der Waals surface area contributed by atoms with Gasteiger partial charge in [-0.1, -0.05) is 25.3 Å². The lowest BCUT2D eigenvalue weighted by molar-refractivity contribution is 0.0513. The maximum absolute atomic E-state index is 13.8. The number of esters is 1. The van der Waals surface area contributed by atoms with Gasteiger partial charge in [-0.2, -0.15) is 0 Å². The molecule has 0 aliphatic heterocycles. The predicted molar refractivity (Wildman–Crippen MR) is 119 cm³/mol. The molecule has 1 aromatic heterocycles. The van der Waals surface area contributed by atoms with E-state index in [1.165, 1.54) is 18.2 Å². The Balaban J connectivity index is 1.94. The van der Waals surface area contributed by atoms with Crippen LogP contribution in [0.3, 0.4) is 0 Å². The third-order valence-corrected chi connectivity index (χ3v) is 6.34. The summed E-state index contributed by atoms with van der Waals surface area (Å²) >= 11 is 0. The number of rotatable bonds is 7. The molecule has 172 valence electrons. The van der Waals surface area contributed by atoms with Crippen LogP contribution in [-0.4, -0.2) is 46.3 Å². The lowest BCUT2D eigenvalue weighted by atomic mass is 9.93. The van der Waals surface area contributed by atoms with Crippen LogP contribution in [0, 0.1) is 19.7 Å². The minimum atomic E-state index is -0.486. The summed E-state index contributed by atoms with van der Waals surface area (Å²) in [5, 5.41) is 0. The fourth-order valence-corrected chi connectivity index (χ4v) is 4.66. The summed E-state index contributed by atoms with van der Waals surface area (Å²) in [6.45, 7) is 5.36. The maximum Gasteiger partial charge on any atom is 0.355 e. The Morgan fingerprint density at radius 1 is 1.16 bits per heavy atom. The molecule has 2 aromatic rings. The molecule has 0 bridgehead atoms. The number of halogens is 1. The van der Waals surface area contributed by atoms with Gasteiger partial charge in [-0.15, -0.1) is 0 Å². The van der Waals surface area contributed by atoms with Crippen LogP contribution in [0.25, 0.3) is 0 Å². The van der Waals surface area contributed by atoms with Gasteiger partial charge in [0.1, 0.15) is 11.5 Å². The van der Waals surface area contributed by atoms with E-state index in [0.29, 0.717) is 22.5 Å². The summed E-state index contributed by atoms with van der Waals surface area (Å²) in [5.41, 5.74) is 2.21. The smallest absolute Gasteiger partial charge is 0.355 e. The zero-order valence-electron chi connectivity index (χ0n) is 19.2. The molecule has 1 aliphatic carbocycles. The number of hydrogen-bond acceptors (Lipinski definition) is 4. The van der Waals surface area contributed by atoms with E-state index >= 15 is 0 Å². The number of hydrogen-bond donors (Lipinski definition) is 0. The molecule has 7 heteroatoms. The van der Waals surface area contributed by atoms with Crippen molar-refractivity contribution in [2.24, 2.45) is 7.05 Å². The highest BCUT2D eigenvalue weighted by Crippen LogP contribution is 2.27. The second kappa shape index (κ2) is 10.1. The Hall–Kier alpha value is -2.96. The molecule has 32 heavy (non-hydrogen) atoms. The van der Waals surface area contributed by atoms with Gasteiger partial charge in [-0.05, 0) is 57.4 Å². The maximum atomic E-state index is 13.8. The molecule has 0 unspecified atom stereocenters. The molecule has 3 rings (SSSR count). The lowest BCUT2D eigenvalue weighted by Crippen LogP contribution is -2.44. The molecular formula is C25H31FN2O4. The molecule has 0 N–H and O–H groups in total. The molecule has 0 radical (unpaired) electrons. The van der Waals surface area contributed by atoms with E-state index < -0.39 is 11.8 Å². The van der Waals surface area contributed by atoms with Crippen molar-refractivity contribution in [3.8, 4) is 0 Å². The first-order valence-corrected chi connectivity index (χ1v) is 11.2. The minimum absolute atomic E-state index is 0.0719. The fraction of sp³-hybridized carbons (Fsp3) is 0.480. The van der Waals surface area contributed by atoms with Crippen LogP contribution in [0.4, 0.5) is 4.39 Å². The van der Waals surface area contributed by atoms with Gasteiger partial charge in [0.15, 0.2) is 5.78 Å². The van der Waals surface area contributed by atoms with E-state index in [1.54, 1.807) is 43.4 Å². The first-order chi connectivity index (χ1) is 15.3. The fourth-order valence-electron chi connectivity index (χ4n) is 4.66. The van der Waals surface area contributed by atoms with E-state index in [2.05, 4.69) is 0 Å². The van der Waals surface area contributed by atoms with Crippen LogP contribution in [0.5, 0.6) is 0 Å². The van der Waals surface area contributed by atoms with Gasteiger partial charge in [-0.25, -0.2) is 9.18 Å². The topological polar surface area (TPSA) is 68.6 Å². The Morgan fingerprint density at radius 3 is 2.47 bits per heavy atom. The number of benzene rings is 1. The first kappa shape index (κ1) is 23.7. The molecule has 0 saturated heterocycles. The molecule has 1 aliphatic rings. The van der Waals surface area contributed by atoms with Crippen LogP contribution in [0.15, 0.2) is 24.3 Å². The van der Waals surface area contributed by atoms with Gasteiger partial charge >= 0.3 is 5.97 Å². The van der Waals surface area contributed by atoms with E-state index in [-0.39, 0.29) is 36.4 Å². The zero-order chi connectivity index (χ0) is 23.4. The van der Waals surface area contributed by atoms with Crippen LogP contribution in [-0.2, 0) is 11.8 Å². The summed E-state index contributed by atoms with van der Waals surface area (Å²) in [5.74, 6) is -1.54. The Kier molecular flexibility index (Phi) is 7.48. The largest absolute Gasteiger partial charge is 0.461 e. The highest BCUT2D eigenvalue weighted by molar-refractivity contribution is 6.06. The predicted octanol–water partition coefficient (Wildman–Crippen LogP) is 4.62. The SMILES string of the molecule is CCOC(=O)c1c(C)c(C(=O)CN(C(=O)c2cccc(F)c2)C2CCCCC2)c(C)n1C. The summed E-state index contributed by atoms with van der Waals surface area (Å²) in [6.07, 6.45) is 4.71. The summed E-state index contributed by atoms with van der Waals surface area (Å²) in [6, 6.07) is 5.50. The van der Waals surface area contributed by atoms with Crippen molar-refractivity contribution in [2.75, 3.05) is 13.2 Å². The summed E-state index contributed by atoms with van der Waals surface area (Å²) in [7, 11) is 1.72. The van der Waals surface area contributed by atoms with Crippen molar-refractivity contribution in [1.29, 1.82) is 0 Å². The summed E-state index contributed by atoms with van der Waals surface area (Å²) in [4.78, 5) is 40.8. The van der Waals surface area contributed by atoms with Crippen molar-refractivity contribution < 1.29 is 23.5 Å². The number of carbonyl (C=O) groups excluding carboxylic acids is 3. The van der Waals surface area contributed by atoms with Crippen molar-refractivity contribution >= 4 is 17.7 Å². The number of aromatic nitrogens is 1. The number of Topliss-reactive ketones (excluding diaryl/α,β-unsaturated/α-hetero) is 1. The standard InChI is InChI=1S/C25H31FN2O4/c1-5-32-25(31)23-16(2)22(17(3)27(23)4)21(29)15-28(20-12-7-6-8-13-20)24(30)18-10-9-11-19(26)14-18/h9-11,14,20H,5-8,12-13,15H2,1-4H3. The third kappa shape index (κ3) is 4.76. The quantitative estimate of drug-likeness (QED) is 0.464. The number of amides is 1. The van der Waals surface area contributed by atoms with Gasteiger partial charge in [0.2, 0.25) is 0 Å². The second-order valence-corrected chi connectivity index (χ2v) is 8.37. The van der Waals surface area contributed by atoms with Crippen molar-refractivity contribution in [2.45, 2.75) is 58.9 Å². The monoisotopic (exact) mass is 442 g/mol. The molecule has 6 nitrogen and oxygen atoms in total. The first-order valence-electron chi connectivity index (χ1n) is 11.2. The van der Waals surface area contributed by atoms with Crippen molar-refractivity contribution in [3.05, 3.63) is 58.2 Å². The van der Waals surface area contributed by atoms with Gasteiger partial charge < -0.3 is 14.2 Å². The summed E-state index contributed by atoms with van der Waals surface area (Å²) < 4.78 is 20.6. The molecule has 1 saturated carbocycles. The van der Waals surface area contributed by atoms with Crippen molar-refractivity contribution in [3.63, 3.8) is 0 Å². The van der Waals surface area contributed by atoms with Crippen molar-refractivity contribution in [1.82, 2.24) is 9.47 Å². The zero-order valence-corrected chi connectivity index (χ0v) is 19.2. The van der Waals surface area contributed by atoms with Gasteiger partial charge in [-0.3, -0.25) is 9.59 Å². The van der Waals surface area contributed by atoms with Gasteiger partial charge in [0.05, 0.1) is 13.2 Å². The third-order valence-electron chi connectivity index (χ3n) is 6.34. The highest BCUT2D eigenvalue weighted by atomic mass is 19.1. The van der Waals surface area contributed by atoms with Gasteiger partial charge in [0.25, 0.3) is 5.91 Å². The van der Waals surface area contributed by atoms with Gasteiger partial charge in [0, 0.05) is 29.9 Å². The average Bonchev–Trinajstić information content (AvgIpc) is 3.00. The molecule has 1 fully saturated rings. The average molecular weight is 443 g/mol. The van der Waals surface area contributed by atoms with E-state index in [4.69, 9.17) is 4.74 Å². The second-order valence-electron chi connectivity index (χ2n) is 8.37. The van der Waals surface area contributed by atoms with Crippen LogP contribution >= 0.6 is 0 Å². The molecular weight excluding hydrogens is 411 g/mol. The van der Waals surface area contributed by atoms with Crippen LogP contribution in [0.2, 0.25) is 0 Å². The highest BCUT2D eigenvalue weighted by Gasteiger charge is 2.31. The number of ketones is 1. The minimum Gasteiger partial charge on any atom is -0.461 e. The molecule has 0 atom stereocenters. The lowest BCUT2D eigenvalue weighted by Gasteiger charge is -2.34. The Bertz CT molecular complexity index is 1020. The number of carbonyl (C=O) groups is 3. The van der Waals surface area contributed by atoms with Crippen LogP contribution in [0.1, 0.15) is 81.5 Å². The normalized spacial score (nSPS) is 14.3. The molecule has 1 aromatic carbocycles. The Morgan fingerprint density at radius 2 is 1.84 bits per heavy atom. The van der Waals surface area contributed by atoms with E-state index in [0.717, 1.165) is 32.1 Å². The van der Waals surface area contributed by atoms with Crippen LogP contribution < -0.4 is 0 Å². The molecule has 0 spiro atoms. The number of nitrogens with zero attached hydrogens (tertiary/aromatic N) is 2. The number of ether oxygens (including phenoxy) is 1. The van der Waals surface area contributed by atoms with E-state index in [9.17, 15) is 18.8 Å². The molecule has 1 heterocycles.